The molecule has 0 saturated carbocycles. The lowest BCUT2D eigenvalue weighted by Gasteiger charge is -2.14. The Morgan fingerprint density at radius 1 is 0.974 bits per heavy atom. The second-order valence-electron chi connectivity index (χ2n) is 8.60. The smallest absolute Gasteiger partial charge is 0.416 e. The average Bonchev–Trinajstić information content (AvgIpc) is 3.31. The van der Waals surface area contributed by atoms with Crippen molar-refractivity contribution in [2.45, 2.75) is 12.7 Å². The second kappa shape index (κ2) is 10.5. The molecule has 5 aromatic rings. The van der Waals surface area contributed by atoms with E-state index in [-0.39, 0.29) is 33.5 Å². The van der Waals surface area contributed by atoms with Crippen molar-refractivity contribution in [2.24, 2.45) is 0 Å². The number of methoxy groups -OCH3 is 2. The van der Waals surface area contributed by atoms with Crippen molar-refractivity contribution in [3.8, 4) is 22.8 Å². The number of hydrogen-bond acceptors (Lipinski definition) is 5. The molecule has 6 nitrogen and oxygen atoms in total. The van der Waals surface area contributed by atoms with Crippen molar-refractivity contribution >= 4 is 34.0 Å². The van der Waals surface area contributed by atoms with Crippen LogP contribution in [-0.2, 0) is 12.7 Å². The van der Waals surface area contributed by atoms with Gasteiger partial charge in [-0.05, 0) is 54.1 Å². The van der Waals surface area contributed by atoms with Gasteiger partial charge in [-0.3, -0.25) is 4.68 Å². The highest BCUT2D eigenvalue weighted by molar-refractivity contribution is 6.33. The molecule has 0 unspecified atom stereocenters. The summed E-state index contributed by atoms with van der Waals surface area (Å²) in [5.74, 6) is 0.629. The lowest BCUT2D eigenvalue weighted by Crippen LogP contribution is -2.05. The summed E-state index contributed by atoms with van der Waals surface area (Å²) in [7, 11) is 3.01. The number of alkyl halides is 3. The molecule has 2 heterocycles. The van der Waals surface area contributed by atoms with Crippen LogP contribution in [0, 0.1) is 5.82 Å². The van der Waals surface area contributed by atoms with Crippen molar-refractivity contribution in [1.82, 2.24) is 14.8 Å². The van der Waals surface area contributed by atoms with Crippen molar-refractivity contribution in [3.05, 3.63) is 94.9 Å². The lowest BCUT2D eigenvalue weighted by atomic mass is 10.1. The molecular weight excluding hydrogens is 536 g/mol. The maximum Gasteiger partial charge on any atom is 0.416 e. The van der Waals surface area contributed by atoms with Gasteiger partial charge in [-0.25, -0.2) is 9.37 Å². The fraction of sp³-hybridized carbons (Fsp3) is 0.143. The third kappa shape index (κ3) is 5.46. The molecule has 5 rings (SSSR count). The zero-order valence-corrected chi connectivity index (χ0v) is 21.4. The van der Waals surface area contributed by atoms with Gasteiger partial charge in [0.2, 0.25) is 0 Å². The zero-order chi connectivity index (χ0) is 27.7. The van der Waals surface area contributed by atoms with Gasteiger partial charge in [0.1, 0.15) is 34.3 Å². The molecule has 3 aromatic carbocycles. The molecule has 0 fully saturated rings. The molecule has 0 amide bonds. The van der Waals surface area contributed by atoms with Gasteiger partial charge in [0.05, 0.1) is 42.6 Å². The first-order valence-electron chi connectivity index (χ1n) is 11.6. The molecular formula is C28H21ClF4N4O2. The molecule has 0 saturated heterocycles. The van der Waals surface area contributed by atoms with Crippen LogP contribution in [-0.4, -0.2) is 29.0 Å². The number of pyridine rings is 1. The number of nitrogens with zero attached hydrogens (tertiary/aromatic N) is 3. The largest absolute Gasteiger partial charge is 0.497 e. The van der Waals surface area contributed by atoms with E-state index in [0.717, 1.165) is 23.4 Å². The van der Waals surface area contributed by atoms with E-state index in [2.05, 4.69) is 15.4 Å². The van der Waals surface area contributed by atoms with E-state index in [4.69, 9.17) is 21.1 Å². The highest BCUT2D eigenvalue weighted by atomic mass is 35.5. The normalized spacial score (nSPS) is 11.6. The molecule has 0 bridgehead atoms. The number of benzene rings is 3. The van der Waals surface area contributed by atoms with Crippen LogP contribution in [0.1, 0.15) is 11.1 Å². The first-order valence-corrected chi connectivity index (χ1v) is 12.0. The number of rotatable bonds is 7. The predicted molar refractivity (Wildman–Crippen MR) is 141 cm³/mol. The van der Waals surface area contributed by atoms with E-state index in [0.29, 0.717) is 17.4 Å². The van der Waals surface area contributed by atoms with Gasteiger partial charge in [0.15, 0.2) is 0 Å². The maximum atomic E-state index is 15.1. The molecule has 39 heavy (non-hydrogen) atoms. The van der Waals surface area contributed by atoms with E-state index < -0.39 is 17.6 Å². The number of ether oxygens (including phenoxy) is 2. The number of aromatic nitrogens is 3. The van der Waals surface area contributed by atoms with E-state index in [1.807, 2.05) is 24.3 Å². The van der Waals surface area contributed by atoms with Crippen LogP contribution in [0.5, 0.6) is 11.5 Å². The minimum absolute atomic E-state index is 0.0989. The summed E-state index contributed by atoms with van der Waals surface area (Å²) in [4.78, 5) is 4.59. The maximum absolute atomic E-state index is 15.1. The molecule has 0 aliphatic heterocycles. The molecule has 1 N–H and O–H groups in total. The quantitative estimate of drug-likeness (QED) is 0.208. The highest BCUT2D eigenvalue weighted by Crippen LogP contribution is 2.38. The van der Waals surface area contributed by atoms with Crippen molar-refractivity contribution < 1.29 is 27.0 Å². The Bertz CT molecular complexity index is 1650. The minimum atomic E-state index is -4.54. The van der Waals surface area contributed by atoms with E-state index in [9.17, 15) is 13.2 Å². The fourth-order valence-corrected chi connectivity index (χ4v) is 4.38. The van der Waals surface area contributed by atoms with Gasteiger partial charge in [-0.2, -0.15) is 18.3 Å². The average molecular weight is 557 g/mol. The monoisotopic (exact) mass is 556 g/mol. The first kappa shape index (κ1) is 26.3. The fourth-order valence-electron chi connectivity index (χ4n) is 4.15. The molecule has 0 spiro atoms. The second-order valence-corrected chi connectivity index (χ2v) is 9.01. The van der Waals surface area contributed by atoms with Gasteiger partial charge < -0.3 is 14.8 Å². The summed E-state index contributed by atoms with van der Waals surface area (Å²) >= 11 is 6.15. The standard InChI is InChI=1S/C28H21ClF4N4O2/c1-38-19-9-6-16(7-10-19)14-37-15-17-12-24(34-22-11-8-18(13-20(22)29)28(31,32)33)35-27(26(17)36-37)25-21(30)4-3-5-23(25)39-2/h3-13,15,34H,14H2,1-2H3. The van der Waals surface area contributed by atoms with Crippen LogP contribution in [0.4, 0.5) is 29.1 Å². The van der Waals surface area contributed by atoms with Gasteiger partial charge in [0.25, 0.3) is 0 Å². The molecule has 0 aliphatic rings. The Balaban J connectivity index is 1.61. The van der Waals surface area contributed by atoms with Crippen LogP contribution >= 0.6 is 11.6 Å². The molecule has 0 radical (unpaired) electrons. The Kier molecular flexibility index (Phi) is 7.05. The van der Waals surface area contributed by atoms with Gasteiger partial charge in [-0.15, -0.1) is 0 Å². The number of anilines is 2. The third-order valence-corrected chi connectivity index (χ3v) is 6.35. The van der Waals surface area contributed by atoms with Crippen molar-refractivity contribution in [1.29, 1.82) is 0 Å². The number of halogens is 5. The van der Waals surface area contributed by atoms with Crippen LogP contribution in [0.25, 0.3) is 22.2 Å². The lowest BCUT2D eigenvalue weighted by molar-refractivity contribution is -0.137. The summed E-state index contributed by atoms with van der Waals surface area (Å²) in [5, 5.41) is 8.10. The molecule has 200 valence electrons. The summed E-state index contributed by atoms with van der Waals surface area (Å²) in [5.41, 5.74) is 0.988. The molecule has 11 heteroatoms. The minimum Gasteiger partial charge on any atom is -0.497 e. The summed E-state index contributed by atoms with van der Waals surface area (Å²) in [6.07, 6.45) is -2.76. The summed E-state index contributed by atoms with van der Waals surface area (Å²) in [6, 6.07) is 16.5. The van der Waals surface area contributed by atoms with Crippen LogP contribution in [0.2, 0.25) is 5.02 Å². The first-order chi connectivity index (χ1) is 18.7. The van der Waals surface area contributed by atoms with Gasteiger partial charge >= 0.3 is 6.18 Å². The number of fused-ring (bicyclic) bond motifs is 1. The number of hydrogen-bond donors (Lipinski definition) is 1. The van der Waals surface area contributed by atoms with E-state index >= 15 is 4.39 Å². The van der Waals surface area contributed by atoms with Gasteiger partial charge in [0, 0.05) is 11.6 Å². The van der Waals surface area contributed by atoms with Crippen LogP contribution in [0.15, 0.2) is 72.9 Å². The Labute approximate surface area is 225 Å². The Hall–Kier alpha value is -4.31. The SMILES string of the molecule is COc1ccc(Cn2cc3cc(Nc4ccc(C(F)(F)F)cc4Cl)nc(-c4c(F)cccc4OC)c3n2)cc1. The number of nitrogens with one attached hydrogen (secondary N) is 1. The van der Waals surface area contributed by atoms with Gasteiger partial charge in [-0.1, -0.05) is 29.8 Å². The topological polar surface area (TPSA) is 61.2 Å². The summed E-state index contributed by atoms with van der Waals surface area (Å²) < 4.78 is 66.7. The summed E-state index contributed by atoms with van der Waals surface area (Å²) in [6.45, 7) is 0.417. The Morgan fingerprint density at radius 3 is 2.41 bits per heavy atom. The van der Waals surface area contributed by atoms with E-state index in [1.54, 1.807) is 30.1 Å². The molecule has 0 atom stereocenters. The zero-order valence-electron chi connectivity index (χ0n) is 20.7. The molecule has 0 aliphatic carbocycles. The van der Waals surface area contributed by atoms with Crippen molar-refractivity contribution in [3.63, 3.8) is 0 Å². The third-order valence-electron chi connectivity index (χ3n) is 6.03. The predicted octanol–water partition coefficient (Wildman–Crippen LogP) is 7.72. The van der Waals surface area contributed by atoms with Crippen LogP contribution in [0.3, 0.4) is 0 Å². The van der Waals surface area contributed by atoms with Crippen molar-refractivity contribution in [2.75, 3.05) is 19.5 Å². The highest BCUT2D eigenvalue weighted by Gasteiger charge is 2.31. The van der Waals surface area contributed by atoms with E-state index in [1.165, 1.54) is 25.3 Å². The Morgan fingerprint density at radius 2 is 1.74 bits per heavy atom. The van der Waals surface area contributed by atoms with Crippen LogP contribution < -0.4 is 14.8 Å². The molecule has 2 aromatic heterocycles.